The smallest absolute Gasteiger partial charge is 0.339 e. The molecule has 1 amide bonds. The molecule has 2 aromatic carbocycles. The molecule has 0 aliphatic heterocycles. The van der Waals surface area contributed by atoms with E-state index in [1.807, 2.05) is 0 Å². The maximum atomic E-state index is 13.1. The molecule has 11 heteroatoms. The van der Waals surface area contributed by atoms with E-state index in [9.17, 15) is 22.8 Å². The van der Waals surface area contributed by atoms with Crippen molar-refractivity contribution < 1.29 is 22.7 Å². The number of aromatic nitrogens is 1. The summed E-state index contributed by atoms with van der Waals surface area (Å²) in [5, 5.41) is 3.01. The second-order valence-corrected chi connectivity index (χ2v) is 9.33. The number of pyridine rings is 1. The fourth-order valence-electron chi connectivity index (χ4n) is 3.36. The third-order valence-electron chi connectivity index (χ3n) is 5.03. The molecule has 0 unspecified atom stereocenters. The average Bonchev–Trinajstić information content (AvgIpc) is 2.79. The molecule has 33 heavy (non-hydrogen) atoms. The van der Waals surface area contributed by atoms with Crippen molar-refractivity contribution in [2.24, 2.45) is 0 Å². The number of esters is 1. The van der Waals surface area contributed by atoms with E-state index >= 15 is 0 Å². The van der Waals surface area contributed by atoms with Gasteiger partial charge in [-0.1, -0.05) is 25.4 Å². The van der Waals surface area contributed by atoms with Gasteiger partial charge in [-0.25, -0.2) is 13.2 Å². The number of rotatable bonds is 7. The zero-order valence-corrected chi connectivity index (χ0v) is 19.7. The number of nitrogens with zero attached hydrogens (tertiary/aromatic N) is 1. The van der Waals surface area contributed by atoms with Gasteiger partial charge in [-0.3, -0.25) is 9.59 Å². The number of H-pyrrole nitrogens is 1. The zero-order valence-electron chi connectivity index (χ0n) is 18.1. The molecular formula is C22H22ClN3O6S. The number of halogens is 1. The van der Waals surface area contributed by atoms with Crippen LogP contribution in [0, 0.1) is 0 Å². The van der Waals surface area contributed by atoms with Crippen LogP contribution in [0.25, 0.3) is 10.9 Å². The SMILES string of the molecule is CCN(CC)S(=O)(=O)c1ccc2[nH]c(=O)cc(C(=O)Nc3ccc(Cl)c(C(=O)OC)c3)c2c1. The predicted molar refractivity (Wildman–Crippen MR) is 125 cm³/mol. The van der Waals surface area contributed by atoms with Crippen molar-refractivity contribution >= 4 is 50.1 Å². The highest BCUT2D eigenvalue weighted by molar-refractivity contribution is 7.89. The summed E-state index contributed by atoms with van der Waals surface area (Å²) in [4.78, 5) is 39.7. The Kier molecular flexibility index (Phi) is 7.21. The van der Waals surface area contributed by atoms with Gasteiger partial charge in [0, 0.05) is 35.7 Å². The second-order valence-electron chi connectivity index (χ2n) is 6.98. The van der Waals surface area contributed by atoms with Gasteiger partial charge >= 0.3 is 5.97 Å². The van der Waals surface area contributed by atoms with Crippen LogP contribution < -0.4 is 10.9 Å². The Morgan fingerprint density at radius 2 is 1.76 bits per heavy atom. The van der Waals surface area contributed by atoms with E-state index in [4.69, 9.17) is 11.6 Å². The van der Waals surface area contributed by atoms with Gasteiger partial charge < -0.3 is 15.0 Å². The van der Waals surface area contributed by atoms with E-state index in [2.05, 4.69) is 15.0 Å². The third kappa shape index (κ3) is 4.92. The number of hydrogen-bond donors (Lipinski definition) is 2. The number of nitrogens with one attached hydrogen (secondary N) is 2. The van der Waals surface area contributed by atoms with Crippen LogP contribution in [0.4, 0.5) is 5.69 Å². The van der Waals surface area contributed by atoms with Crippen LogP contribution in [0.3, 0.4) is 0 Å². The lowest BCUT2D eigenvalue weighted by Crippen LogP contribution is -2.30. The molecule has 3 aromatic rings. The number of hydrogen-bond acceptors (Lipinski definition) is 6. The zero-order chi connectivity index (χ0) is 24.3. The molecule has 1 aromatic heterocycles. The predicted octanol–water partition coefficient (Wildman–Crippen LogP) is 3.25. The topological polar surface area (TPSA) is 126 Å². The highest BCUT2D eigenvalue weighted by Crippen LogP contribution is 2.25. The Hall–Kier alpha value is -3.21. The van der Waals surface area contributed by atoms with Crippen molar-refractivity contribution in [2.45, 2.75) is 18.7 Å². The first kappa shape index (κ1) is 24.4. The monoisotopic (exact) mass is 491 g/mol. The number of methoxy groups -OCH3 is 1. The number of benzene rings is 2. The minimum Gasteiger partial charge on any atom is -0.465 e. The lowest BCUT2D eigenvalue weighted by Gasteiger charge is -2.19. The van der Waals surface area contributed by atoms with Crippen LogP contribution in [-0.2, 0) is 14.8 Å². The molecule has 0 aliphatic carbocycles. The van der Waals surface area contributed by atoms with E-state index in [-0.39, 0.29) is 45.2 Å². The summed E-state index contributed by atoms with van der Waals surface area (Å²) in [6.45, 7) is 4.03. The van der Waals surface area contributed by atoms with Crippen molar-refractivity contribution in [2.75, 3.05) is 25.5 Å². The summed E-state index contributed by atoms with van der Waals surface area (Å²) in [6, 6.07) is 9.53. The van der Waals surface area contributed by atoms with E-state index < -0.39 is 27.5 Å². The molecular weight excluding hydrogens is 470 g/mol. The van der Waals surface area contributed by atoms with E-state index in [0.717, 1.165) is 6.07 Å². The molecule has 0 bridgehead atoms. The Balaban J connectivity index is 2.08. The van der Waals surface area contributed by atoms with Crippen LogP contribution in [0.15, 0.2) is 52.2 Å². The Morgan fingerprint density at radius 1 is 1.06 bits per heavy atom. The fourth-order valence-corrected chi connectivity index (χ4v) is 5.04. The van der Waals surface area contributed by atoms with Crippen molar-refractivity contribution in [1.29, 1.82) is 0 Å². The van der Waals surface area contributed by atoms with Crippen LogP contribution in [0.5, 0.6) is 0 Å². The molecule has 174 valence electrons. The standard InChI is InChI=1S/C22H22ClN3O6S/c1-4-26(5-2)33(30,31)14-7-9-19-15(11-14)16(12-20(27)25-19)21(28)24-13-6-8-18(23)17(10-13)22(29)32-3/h6-12H,4-5H2,1-3H3,(H,24,28)(H,25,27). The molecule has 0 radical (unpaired) electrons. The average molecular weight is 492 g/mol. The minimum atomic E-state index is -3.78. The first-order valence-electron chi connectivity index (χ1n) is 9.98. The molecule has 0 spiro atoms. The van der Waals surface area contributed by atoms with Gasteiger partial charge in [0.2, 0.25) is 15.6 Å². The van der Waals surface area contributed by atoms with E-state index in [0.29, 0.717) is 5.52 Å². The molecule has 2 N–H and O–H groups in total. The molecule has 9 nitrogen and oxygen atoms in total. The Labute approximate surface area is 195 Å². The van der Waals surface area contributed by atoms with Gasteiger partial charge in [0.05, 0.1) is 28.2 Å². The van der Waals surface area contributed by atoms with E-state index in [1.54, 1.807) is 13.8 Å². The molecule has 0 saturated heterocycles. The van der Waals surface area contributed by atoms with Gasteiger partial charge in [0.25, 0.3) is 5.91 Å². The number of anilines is 1. The van der Waals surface area contributed by atoms with Crippen LogP contribution in [0.1, 0.15) is 34.6 Å². The number of ether oxygens (including phenoxy) is 1. The summed E-state index contributed by atoms with van der Waals surface area (Å²) >= 11 is 6.01. The van der Waals surface area contributed by atoms with Gasteiger partial charge in [-0.15, -0.1) is 0 Å². The number of carbonyl (C=O) groups excluding carboxylic acids is 2. The highest BCUT2D eigenvalue weighted by atomic mass is 35.5. The van der Waals surface area contributed by atoms with Crippen molar-refractivity contribution in [3.05, 3.63) is 69.0 Å². The highest BCUT2D eigenvalue weighted by Gasteiger charge is 2.23. The molecule has 1 heterocycles. The lowest BCUT2D eigenvalue weighted by molar-refractivity contribution is 0.0600. The molecule has 0 fully saturated rings. The fraction of sp³-hybridized carbons (Fsp3) is 0.227. The second kappa shape index (κ2) is 9.74. The number of aromatic amines is 1. The van der Waals surface area contributed by atoms with Crippen molar-refractivity contribution in [1.82, 2.24) is 9.29 Å². The van der Waals surface area contributed by atoms with Crippen LogP contribution in [0.2, 0.25) is 5.02 Å². The molecule has 0 saturated carbocycles. The molecule has 0 atom stereocenters. The molecule has 3 rings (SSSR count). The number of amides is 1. The first-order valence-corrected chi connectivity index (χ1v) is 11.8. The van der Waals surface area contributed by atoms with Crippen molar-refractivity contribution in [3.63, 3.8) is 0 Å². The molecule has 0 aliphatic rings. The number of carbonyl (C=O) groups is 2. The summed E-state index contributed by atoms with van der Waals surface area (Å²) < 4.78 is 31.8. The largest absolute Gasteiger partial charge is 0.465 e. The maximum absolute atomic E-state index is 13.1. The summed E-state index contributed by atoms with van der Waals surface area (Å²) in [5.41, 5.74) is 0.0428. The van der Waals surface area contributed by atoms with Crippen LogP contribution >= 0.6 is 11.6 Å². The van der Waals surface area contributed by atoms with Gasteiger partial charge in [-0.2, -0.15) is 4.31 Å². The lowest BCUT2D eigenvalue weighted by atomic mass is 10.1. The normalized spacial score (nSPS) is 11.5. The van der Waals surface area contributed by atoms with E-state index in [1.165, 1.54) is 47.8 Å². The summed E-state index contributed by atoms with van der Waals surface area (Å²) in [5.74, 6) is -1.34. The maximum Gasteiger partial charge on any atom is 0.339 e. The number of fused-ring (bicyclic) bond motifs is 1. The summed E-state index contributed by atoms with van der Waals surface area (Å²) in [7, 11) is -2.58. The van der Waals surface area contributed by atoms with Gasteiger partial charge in [-0.05, 0) is 36.4 Å². The Bertz CT molecular complexity index is 1400. The third-order valence-corrected chi connectivity index (χ3v) is 7.41. The summed E-state index contributed by atoms with van der Waals surface area (Å²) in [6.07, 6.45) is 0. The first-order chi connectivity index (χ1) is 15.6. The van der Waals surface area contributed by atoms with Crippen LogP contribution in [-0.4, -0.2) is 49.8 Å². The quantitative estimate of drug-likeness (QED) is 0.488. The van der Waals surface area contributed by atoms with Gasteiger partial charge in [0.15, 0.2) is 0 Å². The Morgan fingerprint density at radius 3 is 2.39 bits per heavy atom. The number of sulfonamides is 1. The minimum absolute atomic E-state index is 0.000676. The van der Waals surface area contributed by atoms with Gasteiger partial charge in [0.1, 0.15) is 0 Å². The van der Waals surface area contributed by atoms with Crippen molar-refractivity contribution in [3.8, 4) is 0 Å².